The van der Waals surface area contributed by atoms with Crippen LogP contribution in [-0.2, 0) is 9.47 Å². The van der Waals surface area contributed by atoms with Crippen molar-refractivity contribution in [3.05, 3.63) is 70.8 Å². The Morgan fingerprint density at radius 1 is 1.22 bits per heavy atom. The average molecular weight is 364 g/mol. The van der Waals surface area contributed by atoms with E-state index in [0.717, 1.165) is 28.9 Å². The molecule has 1 saturated heterocycles. The molecule has 0 aromatic heterocycles. The van der Waals surface area contributed by atoms with Gasteiger partial charge in [-0.1, -0.05) is 50.3 Å². The van der Waals surface area contributed by atoms with Crippen LogP contribution < -0.4 is 4.74 Å². The van der Waals surface area contributed by atoms with Crippen LogP contribution in [-0.4, -0.2) is 25.1 Å². The van der Waals surface area contributed by atoms with Gasteiger partial charge in [-0.2, -0.15) is 0 Å². The lowest BCUT2D eigenvalue weighted by Crippen LogP contribution is -2.19. The number of ether oxygens (including phenoxy) is 3. The molecule has 2 aliphatic rings. The van der Waals surface area contributed by atoms with Gasteiger partial charge in [0.2, 0.25) is 0 Å². The van der Waals surface area contributed by atoms with Crippen molar-refractivity contribution in [2.24, 2.45) is 0 Å². The molecule has 2 bridgehead atoms. The van der Waals surface area contributed by atoms with Gasteiger partial charge in [0.25, 0.3) is 0 Å². The van der Waals surface area contributed by atoms with E-state index in [2.05, 4.69) is 19.9 Å². The summed E-state index contributed by atoms with van der Waals surface area (Å²) in [5, 5.41) is 0. The second-order valence-electron chi connectivity index (χ2n) is 7.14. The van der Waals surface area contributed by atoms with Crippen molar-refractivity contribution in [3.8, 4) is 5.75 Å². The van der Waals surface area contributed by atoms with Crippen molar-refractivity contribution in [2.45, 2.75) is 38.6 Å². The van der Waals surface area contributed by atoms with Crippen LogP contribution in [0, 0.1) is 0 Å². The topological polar surface area (TPSA) is 44.8 Å². The molecule has 0 amide bonds. The van der Waals surface area contributed by atoms with Crippen LogP contribution in [0.5, 0.6) is 5.75 Å². The molecular formula is C23H24O4. The molecule has 2 aliphatic heterocycles. The Labute approximate surface area is 159 Å². The van der Waals surface area contributed by atoms with Crippen molar-refractivity contribution in [1.82, 2.24) is 0 Å². The Morgan fingerprint density at radius 3 is 2.81 bits per heavy atom. The maximum atomic E-state index is 12.4. The quantitative estimate of drug-likeness (QED) is 0.559. The number of carbonyl (C=O) groups excluding carboxylic acids is 1. The van der Waals surface area contributed by atoms with Crippen LogP contribution >= 0.6 is 0 Å². The van der Waals surface area contributed by atoms with Crippen LogP contribution in [0.15, 0.2) is 48.5 Å². The zero-order valence-corrected chi connectivity index (χ0v) is 15.7. The van der Waals surface area contributed by atoms with Gasteiger partial charge in [0, 0.05) is 5.56 Å². The molecule has 0 spiro atoms. The Hall–Kier alpha value is -2.43. The molecule has 4 nitrogen and oxygen atoms in total. The Morgan fingerprint density at radius 2 is 2.04 bits per heavy atom. The Balaban J connectivity index is 1.70. The standard InChI is InChI=1S/C23H24O4/c1-3-15(2)19-11-16(9-10-21(24)17-7-5-4-6-8-17)12-20-22(19)25-13-18-14-26-23(20)27-18/h4-12,15,18,23H,3,13-14H2,1-2H3/b10-9+. The number of rotatable bonds is 5. The van der Waals surface area contributed by atoms with E-state index in [-0.39, 0.29) is 11.9 Å². The van der Waals surface area contributed by atoms with E-state index in [9.17, 15) is 4.79 Å². The summed E-state index contributed by atoms with van der Waals surface area (Å²) in [7, 11) is 0. The van der Waals surface area contributed by atoms with Crippen molar-refractivity contribution in [3.63, 3.8) is 0 Å². The van der Waals surface area contributed by atoms with Crippen LogP contribution in [0.3, 0.4) is 0 Å². The highest BCUT2D eigenvalue weighted by Crippen LogP contribution is 2.42. The fraction of sp³-hybridized carbons (Fsp3) is 0.348. The summed E-state index contributed by atoms with van der Waals surface area (Å²) >= 11 is 0. The number of carbonyl (C=O) groups is 1. The summed E-state index contributed by atoms with van der Waals surface area (Å²) < 4.78 is 17.8. The molecule has 0 saturated carbocycles. The number of allylic oxidation sites excluding steroid dienone is 1. The summed E-state index contributed by atoms with van der Waals surface area (Å²) in [6.45, 7) is 5.41. The van der Waals surface area contributed by atoms with Gasteiger partial charge in [-0.05, 0) is 41.7 Å². The molecule has 27 heavy (non-hydrogen) atoms. The predicted octanol–water partition coefficient (Wildman–Crippen LogP) is 4.90. The highest BCUT2D eigenvalue weighted by atomic mass is 16.7. The maximum absolute atomic E-state index is 12.4. The zero-order chi connectivity index (χ0) is 18.8. The molecule has 0 radical (unpaired) electrons. The second-order valence-corrected chi connectivity index (χ2v) is 7.14. The van der Waals surface area contributed by atoms with E-state index in [4.69, 9.17) is 14.2 Å². The van der Waals surface area contributed by atoms with Crippen LogP contribution in [0.2, 0.25) is 0 Å². The van der Waals surface area contributed by atoms with Gasteiger partial charge in [0.15, 0.2) is 12.1 Å². The summed E-state index contributed by atoms with van der Waals surface area (Å²) in [6.07, 6.45) is 4.06. The molecule has 3 atom stereocenters. The van der Waals surface area contributed by atoms with Crippen LogP contribution in [0.4, 0.5) is 0 Å². The fourth-order valence-corrected chi connectivity index (χ4v) is 3.47. The number of benzene rings is 2. The monoisotopic (exact) mass is 364 g/mol. The van der Waals surface area contributed by atoms with Gasteiger partial charge in [0.05, 0.1) is 12.2 Å². The third-order valence-corrected chi connectivity index (χ3v) is 5.21. The van der Waals surface area contributed by atoms with Crippen molar-refractivity contribution >= 4 is 11.9 Å². The summed E-state index contributed by atoms with van der Waals surface area (Å²) in [4.78, 5) is 12.4. The minimum atomic E-state index is -0.395. The van der Waals surface area contributed by atoms with E-state index in [0.29, 0.717) is 24.7 Å². The van der Waals surface area contributed by atoms with E-state index in [1.165, 1.54) is 0 Å². The van der Waals surface area contributed by atoms with Gasteiger partial charge in [-0.15, -0.1) is 0 Å². The predicted molar refractivity (Wildman–Crippen MR) is 104 cm³/mol. The van der Waals surface area contributed by atoms with E-state index in [1.807, 2.05) is 42.5 Å². The SMILES string of the molecule is CCC(C)c1cc(/C=C/C(=O)c2ccccc2)cc2c1OCC1COC2O1. The molecule has 4 heteroatoms. The van der Waals surface area contributed by atoms with Crippen molar-refractivity contribution in [1.29, 1.82) is 0 Å². The van der Waals surface area contributed by atoms with Crippen LogP contribution in [0.1, 0.15) is 59.5 Å². The third kappa shape index (κ3) is 3.68. The molecule has 0 N–H and O–H groups in total. The molecule has 1 fully saturated rings. The maximum Gasteiger partial charge on any atom is 0.188 e. The van der Waals surface area contributed by atoms with E-state index in [1.54, 1.807) is 6.08 Å². The number of ketones is 1. The number of hydrogen-bond acceptors (Lipinski definition) is 4. The lowest BCUT2D eigenvalue weighted by atomic mass is 9.92. The minimum Gasteiger partial charge on any atom is -0.490 e. The van der Waals surface area contributed by atoms with Gasteiger partial charge >= 0.3 is 0 Å². The molecule has 4 rings (SSSR count). The average Bonchev–Trinajstić information content (AvgIpc) is 3.10. The summed E-state index contributed by atoms with van der Waals surface area (Å²) in [6, 6.07) is 13.4. The normalized spacial score (nSPS) is 22.1. The molecule has 3 unspecified atom stereocenters. The Bertz CT molecular complexity index is 856. The van der Waals surface area contributed by atoms with Gasteiger partial charge in [-0.3, -0.25) is 4.79 Å². The molecule has 2 aromatic rings. The first-order valence-corrected chi connectivity index (χ1v) is 9.51. The van der Waals surface area contributed by atoms with Crippen molar-refractivity contribution < 1.29 is 19.0 Å². The molecule has 2 aromatic carbocycles. The largest absolute Gasteiger partial charge is 0.490 e. The lowest BCUT2D eigenvalue weighted by molar-refractivity contribution is -0.0579. The highest BCUT2D eigenvalue weighted by Gasteiger charge is 2.35. The molecule has 140 valence electrons. The number of fused-ring (bicyclic) bond motifs is 4. The highest BCUT2D eigenvalue weighted by molar-refractivity contribution is 6.06. The first-order valence-electron chi connectivity index (χ1n) is 9.51. The van der Waals surface area contributed by atoms with Gasteiger partial charge in [0.1, 0.15) is 18.5 Å². The molecule has 0 aliphatic carbocycles. The smallest absolute Gasteiger partial charge is 0.188 e. The first-order chi connectivity index (χ1) is 13.2. The van der Waals surface area contributed by atoms with Gasteiger partial charge < -0.3 is 14.2 Å². The van der Waals surface area contributed by atoms with E-state index < -0.39 is 6.29 Å². The van der Waals surface area contributed by atoms with Crippen molar-refractivity contribution in [2.75, 3.05) is 13.2 Å². The zero-order valence-electron chi connectivity index (χ0n) is 15.7. The number of hydrogen-bond donors (Lipinski definition) is 0. The summed E-state index contributed by atoms with van der Waals surface area (Å²) in [5.74, 6) is 1.21. The Kier molecular flexibility index (Phi) is 5.10. The van der Waals surface area contributed by atoms with E-state index >= 15 is 0 Å². The van der Waals surface area contributed by atoms with Crippen LogP contribution in [0.25, 0.3) is 6.08 Å². The first kappa shape index (κ1) is 18.0. The third-order valence-electron chi connectivity index (χ3n) is 5.21. The minimum absolute atomic E-state index is 0.0136. The second kappa shape index (κ2) is 7.67. The molecular weight excluding hydrogens is 340 g/mol. The molecule has 2 heterocycles. The van der Waals surface area contributed by atoms with Gasteiger partial charge in [-0.25, -0.2) is 0 Å². The lowest BCUT2D eigenvalue weighted by Gasteiger charge is -2.21. The fourth-order valence-electron chi connectivity index (χ4n) is 3.47. The summed E-state index contributed by atoms with van der Waals surface area (Å²) in [5.41, 5.74) is 3.69.